The van der Waals surface area contributed by atoms with Crippen molar-refractivity contribution in [1.82, 2.24) is 0 Å². The second-order valence-corrected chi connectivity index (χ2v) is 5.12. The molecule has 4 N–H and O–H groups in total. The van der Waals surface area contributed by atoms with Gasteiger partial charge in [-0.05, 0) is 36.4 Å². The first-order valence-corrected chi connectivity index (χ1v) is 7.52. The molecule has 0 amide bonds. The highest BCUT2D eigenvalue weighted by Gasteiger charge is 2.20. The van der Waals surface area contributed by atoms with E-state index in [9.17, 15) is 24.0 Å². The Labute approximate surface area is 165 Å². The van der Waals surface area contributed by atoms with E-state index in [1.165, 1.54) is 0 Å². The van der Waals surface area contributed by atoms with E-state index in [1.54, 1.807) is 0 Å². The van der Waals surface area contributed by atoms with Gasteiger partial charge < -0.3 is 39.4 Å². The molecule has 0 heterocycles. The van der Waals surface area contributed by atoms with Gasteiger partial charge >= 0.3 is 24.6 Å². The van der Waals surface area contributed by atoms with Crippen LogP contribution < -0.4 is 18.9 Å². The summed E-state index contributed by atoms with van der Waals surface area (Å²) in [5, 5.41) is 34.8. The first-order chi connectivity index (χ1) is 14.1. The monoisotopic (exact) mass is 422 g/mol. The van der Waals surface area contributed by atoms with Gasteiger partial charge in [-0.1, -0.05) is 0 Å². The van der Waals surface area contributed by atoms with Crippen LogP contribution >= 0.6 is 0 Å². The van der Waals surface area contributed by atoms with Gasteiger partial charge in [0.1, 0.15) is 0 Å². The van der Waals surface area contributed by atoms with Crippen molar-refractivity contribution >= 4 is 30.4 Å². The van der Waals surface area contributed by atoms with E-state index in [2.05, 4.69) is 18.9 Å². The fourth-order valence-electron chi connectivity index (χ4n) is 2.17. The molecule has 0 saturated heterocycles. The number of hydrogen-bond acceptors (Lipinski definition) is 9. The molecular weight excluding hydrogens is 412 g/mol. The molecule has 30 heavy (non-hydrogen) atoms. The summed E-state index contributed by atoms with van der Waals surface area (Å²) >= 11 is 0. The van der Waals surface area contributed by atoms with E-state index >= 15 is 0 Å². The van der Waals surface area contributed by atoms with Crippen molar-refractivity contribution in [3.05, 3.63) is 47.5 Å². The molecule has 2 aromatic rings. The van der Waals surface area contributed by atoms with E-state index in [4.69, 9.17) is 20.4 Å². The highest BCUT2D eigenvalue weighted by atomic mass is 16.7. The molecule has 0 spiro atoms. The molecule has 2 aromatic carbocycles. The minimum Gasteiger partial charge on any atom is -0.449 e. The van der Waals surface area contributed by atoms with Crippen LogP contribution in [0, 0.1) is 0 Å². The van der Waals surface area contributed by atoms with Crippen LogP contribution in [0.25, 0.3) is 0 Å². The SMILES string of the molecule is O=C(O)Oc1ccc(C(=O)c2ccc(OC(=O)O)c(OC(=O)O)c2)cc1OC(=O)O. The van der Waals surface area contributed by atoms with Gasteiger partial charge in [-0.25, -0.2) is 19.2 Å². The summed E-state index contributed by atoms with van der Waals surface area (Å²) in [6.45, 7) is 0. The molecule has 0 unspecified atom stereocenters. The van der Waals surface area contributed by atoms with Crippen molar-refractivity contribution in [2.75, 3.05) is 0 Å². The van der Waals surface area contributed by atoms with Gasteiger partial charge in [-0.3, -0.25) is 4.79 Å². The van der Waals surface area contributed by atoms with E-state index in [-0.39, 0.29) is 11.1 Å². The van der Waals surface area contributed by atoms with Gasteiger partial charge in [0.05, 0.1) is 0 Å². The number of hydrogen-bond donors (Lipinski definition) is 4. The predicted octanol–water partition coefficient (Wildman–Crippen LogP) is 3.14. The van der Waals surface area contributed by atoms with Crippen molar-refractivity contribution in [3.8, 4) is 23.0 Å². The Morgan fingerprint density at radius 1 is 0.500 bits per heavy atom. The summed E-state index contributed by atoms with van der Waals surface area (Å²) in [7, 11) is 0. The molecule has 0 aliphatic carbocycles. The Bertz CT molecular complexity index is 958. The van der Waals surface area contributed by atoms with Crippen LogP contribution in [0.5, 0.6) is 23.0 Å². The summed E-state index contributed by atoms with van der Waals surface area (Å²) in [6.07, 6.45) is -7.12. The van der Waals surface area contributed by atoms with E-state index in [0.717, 1.165) is 36.4 Å². The first-order valence-electron chi connectivity index (χ1n) is 7.52. The Morgan fingerprint density at radius 2 is 0.800 bits per heavy atom. The largest absolute Gasteiger partial charge is 0.511 e. The van der Waals surface area contributed by atoms with Crippen LogP contribution in [0.1, 0.15) is 15.9 Å². The van der Waals surface area contributed by atoms with Gasteiger partial charge in [0.25, 0.3) is 0 Å². The van der Waals surface area contributed by atoms with Crippen LogP contribution in [0.2, 0.25) is 0 Å². The summed E-state index contributed by atoms with van der Waals surface area (Å²) < 4.78 is 17.5. The Balaban J connectivity index is 2.45. The molecule has 0 fully saturated rings. The van der Waals surface area contributed by atoms with Gasteiger partial charge in [-0.15, -0.1) is 0 Å². The molecule has 13 nitrogen and oxygen atoms in total. The van der Waals surface area contributed by atoms with Crippen molar-refractivity contribution in [3.63, 3.8) is 0 Å². The fraction of sp³-hybridized carbons (Fsp3) is 0. The topological polar surface area (TPSA) is 203 Å². The molecule has 0 atom stereocenters. The zero-order chi connectivity index (χ0) is 22.4. The molecule has 13 heteroatoms. The number of carboxylic acid groups (broad SMARTS) is 4. The van der Waals surface area contributed by atoms with Crippen LogP contribution in [0.15, 0.2) is 36.4 Å². The minimum absolute atomic E-state index is 0.197. The zero-order valence-corrected chi connectivity index (χ0v) is 14.4. The standard InChI is InChI=1S/C17H10O13/c18-13(7-1-3-9(27-14(19)20)11(5-7)29-16(23)24)8-2-4-10(28-15(21)22)12(6-8)30-17(25)26/h1-6H,(H,19,20)(H,21,22)(H,23,24)(H,25,26). The van der Waals surface area contributed by atoms with Crippen molar-refractivity contribution in [1.29, 1.82) is 0 Å². The van der Waals surface area contributed by atoms with E-state index < -0.39 is 53.4 Å². The third kappa shape index (κ3) is 5.59. The summed E-state index contributed by atoms with van der Waals surface area (Å²) in [4.78, 5) is 55.6. The fourth-order valence-corrected chi connectivity index (χ4v) is 2.17. The average Bonchev–Trinajstić information content (AvgIpc) is 2.62. The maximum absolute atomic E-state index is 12.7. The minimum atomic E-state index is -1.80. The number of rotatable bonds is 6. The smallest absolute Gasteiger partial charge is 0.449 e. The van der Waals surface area contributed by atoms with E-state index in [1.807, 2.05) is 0 Å². The Morgan fingerprint density at radius 3 is 1.10 bits per heavy atom. The maximum Gasteiger partial charge on any atom is 0.511 e. The Kier molecular flexibility index (Phi) is 6.39. The van der Waals surface area contributed by atoms with Crippen molar-refractivity contribution < 1.29 is 63.3 Å². The van der Waals surface area contributed by atoms with Gasteiger partial charge in [-0.2, -0.15) is 0 Å². The van der Waals surface area contributed by atoms with Crippen LogP contribution in [0.4, 0.5) is 19.2 Å². The summed E-state index contributed by atoms with van der Waals surface area (Å²) in [5.74, 6) is -2.99. The number of ether oxygens (including phenoxy) is 4. The molecule has 2 rings (SSSR count). The first kappa shape index (κ1) is 21.5. The third-order valence-corrected chi connectivity index (χ3v) is 3.20. The van der Waals surface area contributed by atoms with Crippen molar-refractivity contribution in [2.24, 2.45) is 0 Å². The predicted molar refractivity (Wildman–Crippen MR) is 90.9 cm³/mol. The van der Waals surface area contributed by atoms with Gasteiger partial charge in [0.15, 0.2) is 28.8 Å². The molecule has 0 radical (unpaired) electrons. The molecule has 0 bridgehead atoms. The lowest BCUT2D eigenvalue weighted by molar-refractivity contribution is 0.103. The number of carbonyl (C=O) groups is 5. The molecule has 0 aromatic heterocycles. The molecule has 156 valence electrons. The molecule has 0 aliphatic heterocycles. The van der Waals surface area contributed by atoms with Crippen LogP contribution in [-0.4, -0.2) is 50.8 Å². The Hall–Kier alpha value is -4.81. The lowest BCUT2D eigenvalue weighted by atomic mass is 10.0. The number of benzene rings is 2. The third-order valence-electron chi connectivity index (χ3n) is 3.20. The highest BCUT2D eigenvalue weighted by molar-refractivity contribution is 6.09. The maximum atomic E-state index is 12.7. The lowest BCUT2D eigenvalue weighted by Gasteiger charge is -2.11. The van der Waals surface area contributed by atoms with Crippen molar-refractivity contribution in [2.45, 2.75) is 0 Å². The summed E-state index contributed by atoms with van der Waals surface area (Å²) in [5.41, 5.74) is -0.394. The second-order valence-electron chi connectivity index (χ2n) is 5.12. The average molecular weight is 422 g/mol. The van der Waals surface area contributed by atoms with E-state index in [0.29, 0.717) is 0 Å². The lowest BCUT2D eigenvalue weighted by Crippen LogP contribution is -2.11. The second kappa shape index (κ2) is 8.92. The van der Waals surface area contributed by atoms with Crippen LogP contribution in [0.3, 0.4) is 0 Å². The zero-order valence-electron chi connectivity index (χ0n) is 14.4. The summed E-state index contributed by atoms with van der Waals surface area (Å²) in [6, 6.07) is 5.89. The quantitative estimate of drug-likeness (QED) is 0.300. The van der Waals surface area contributed by atoms with Gasteiger partial charge in [0, 0.05) is 11.1 Å². The normalized spacial score (nSPS) is 9.87. The number of carbonyl (C=O) groups excluding carboxylic acids is 1. The highest BCUT2D eigenvalue weighted by Crippen LogP contribution is 2.32. The van der Waals surface area contributed by atoms with Gasteiger partial charge in [0.2, 0.25) is 0 Å². The molecular formula is C17H10O13. The molecule has 0 saturated carbocycles. The van der Waals surface area contributed by atoms with Crippen LogP contribution in [-0.2, 0) is 0 Å². The molecule has 0 aliphatic rings. The number of ketones is 1.